The van der Waals surface area contributed by atoms with E-state index in [2.05, 4.69) is 230 Å². The Morgan fingerprint density at radius 1 is 0.468 bits per heavy atom. The van der Waals surface area contributed by atoms with Gasteiger partial charge in [-0.1, -0.05) is 0 Å². The van der Waals surface area contributed by atoms with Gasteiger partial charge < -0.3 is 24.8 Å². The van der Waals surface area contributed by atoms with Crippen molar-refractivity contribution >= 4 is 24.8 Å². The third-order valence-electron chi connectivity index (χ3n) is 12.9. The van der Waals surface area contributed by atoms with Crippen molar-refractivity contribution in [2.45, 2.75) is 62.4 Å². The van der Waals surface area contributed by atoms with Crippen LogP contribution in [0, 0.1) is 0 Å². The SMILES string of the molecule is CC(C)(C)c1cc2c(cc1-c1ccccc1)[CH]([Zr+2]([C]1=CC=CC1)=[C](c1cccc3ccccc13)c1cccc3ccccc13)c1cc(-c3ccccc3)c(C(C)(C)C)cc1-2.[Cl-].[Cl-]. The molecule has 62 heavy (non-hydrogen) atoms. The smallest absolute Gasteiger partial charge is 1.00 e. The summed E-state index contributed by atoms with van der Waals surface area (Å²) >= 11 is -3.16. The Morgan fingerprint density at radius 3 is 1.31 bits per heavy atom. The molecule has 0 aliphatic heterocycles. The molecule has 306 valence electrons. The first kappa shape index (κ1) is 43.7. The van der Waals surface area contributed by atoms with E-state index in [9.17, 15) is 0 Å². The van der Waals surface area contributed by atoms with Crippen molar-refractivity contribution in [1.29, 1.82) is 0 Å². The molecule has 2 aliphatic carbocycles. The monoisotopic (exact) mass is 920 g/mol. The van der Waals surface area contributed by atoms with E-state index in [4.69, 9.17) is 0 Å². The van der Waals surface area contributed by atoms with Gasteiger partial charge in [0.15, 0.2) is 0 Å². The molecule has 0 saturated heterocycles. The maximum atomic E-state index is 2.65. The molecule has 0 heterocycles. The summed E-state index contributed by atoms with van der Waals surface area (Å²) in [6.07, 6.45) is 8.28. The third-order valence-corrected chi connectivity index (χ3v) is 21.1. The number of allylic oxidation sites excluding steroid dienone is 4. The van der Waals surface area contributed by atoms with Crippen LogP contribution in [0.1, 0.15) is 85.0 Å². The summed E-state index contributed by atoms with van der Waals surface area (Å²) in [5.41, 5.74) is 16.6. The fourth-order valence-corrected chi connectivity index (χ4v) is 19.2. The first-order chi connectivity index (χ1) is 29.1. The van der Waals surface area contributed by atoms with Crippen LogP contribution in [0.15, 0.2) is 191 Å². The van der Waals surface area contributed by atoms with Crippen molar-refractivity contribution in [3.8, 4) is 33.4 Å². The molecular weight excluding hydrogens is 871 g/mol. The molecule has 0 radical (unpaired) electrons. The van der Waals surface area contributed by atoms with Gasteiger partial charge in [-0.3, -0.25) is 0 Å². The Labute approximate surface area is 388 Å². The van der Waals surface area contributed by atoms with Gasteiger partial charge in [-0.05, 0) is 0 Å². The van der Waals surface area contributed by atoms with Crippen molar-refractivity contribution < 1.29 is 46.1 Å². The summed E-state index contributed by atoms with van der Waals surface area (Å²) in [5.74, 6) is 0. The van der Waals surface area contributed by atoms with Crippen LogP contribution in [0.5, 0.6) is 0 Å². The molecule has 0 unspecified atom stereocenters. The molecule has 3 heteroatoms. The van der Waals surface area contributed by atoms with E-state index in [-0.39, 0.29) is 39.3 Å². The van der Waals surface area contributed by atoms with Crippen molar-refractivity contribution in [3.05, 3.63) is 225 Å². The molecule has 8 aromatic rings. The van der Waals surface area contributed by atoms with Crippen molar-refractivity contribution in [2.75, 3.05) is 0 Å². The van der Waals surface area contributed by atoms with E-state index in [1.807, 2.05) is 0 Å². The fourth-order valence-electron chi connectivity index (χ4n) is 10.1. The first-order valence-corrected chi connectivity index (χ1v) is 25.5. The largest absolute Gasteiger partial charge is 1.00 e. The zero-order valence-corrected chi connectivity index (χ0v) is 40.4. The average molecular weight is 923 g/mol. The second-order valence-corrected chi connectivity index (χ2v) is 25.1. The first-order valence-electron chi connectivity index (χ1n) is 21.6. The van der Waals surface area contributed by atoms with Crippen LogP contribution < -0.4 is 24.8 Å². The van der Waals surface area contributed by atoms with Crippen molar-refractivity contribution in [2.24, 2.45) is 0 Å². The van der Waals surface area contributed by atoms with Crippen molar-refractivity contribution in [3.63, 3.8) is 0 Å². The Morgan fingerprint density at radius 2 is 0.887 bits per heavy atom. The summed E-state index contributed by atoms with van der Waals surface area (Å²) in [4.78, 5) is 0. The Kier molecular flexibility index (Phi) is 12.2. The van der Waals surface area contributed by atoms with Crippen LogP contribution in [-0.4, -0.2) is 3.21 Å². The van der Waals surface area contributed by atoms with Gasteiger partial charge in [0.05, 0.1) is 0 Å². The fraction of sp³-hybridized carbons (Fsp3) is 0.169. The second kappa shape index (κ2) is 17.3. The van der Waals surface area contributed by atoms with E-state index in [1.165, 1.54) is 88.3 Å². The number of benzene rings is 8. The predicted molar refractivity (Wildman–Crippen MR) is 255 cm³/mol. The minimum absolute atomic E-state index is 0. The molecule has 10 rings (SSSR count). The van der Waals surface area contributed by atoms with E-state index in [0.717, 1.165) is 6.42 Å². The minimum Gasteiger partial charge on any atom is -1.00 e. The molecule has 8 aromatic carbocycles. The molecule has 0 amide bonds. The Balaban J connectivity index is 0.00000264. The van der Waals surface area contributed by atoms with Gasteiger partial charge in [-0.15, -0.1) is 0 Å². The maximum Gasteiger partial charge on any atom is -1.00 e. The van der Waals surface area contributed by atoms with Crippen LogP contribution in [-0.2, 0) is 32.1 Å². The van der Waals surface area contributed by atoms with Gasteiger partial charge in [-0.25, -0.2) is 0 Å². The number of hydrogen-bond acceptors (Lipinski definition) is 0. The van der Waals surface area contributed by atoms with Gasteiger partial charge in [0.1, 0.15) is 0 Å². The van der Waals surface area contributed by atoms with E-state index < -0.39 is 21.3 Å². The van der Waals surface area contributed by atoms with E-state index in [1.54, 1.807) is 6.49 Å². The van der Waals surface area contributed by atoms with Gasteiger partial charge in [0, 0.05) is 0 Å². The second-order valence-electron chi connectivity index (χ2n) is 18.8. The number of hydrogen-bond donors (Lipinski definition) is 0. The van der Waals surface area contributed by atoms with Crippen LogP contribution in [0.4, 0.5) is 0 Å². The maximum absolute atomic E-state index is 3.16. The number of fused-ring (bicyclic) bond motifs is 5. The zero-order valence-electron chi connectivity index (χ0n) is 36.4. The van der Waals surface area contributed by atoms with Crippen LogP contribution in [0.25, 0.3) is 54.9 Å². The molecule has 0 saturated carbocycles. The number of rotatable bonds is 6. The molecule has 0 spiro atoms. The summed E-state index contributed by atoms with van der Waals surface area (Å²) in [7, 11) is 0. The van der Waals surface area contributed by atoms with Crippen molar-refractivity contribution in [1.82, 2.24) is 0 Å². The van der Waals surface area contributed by atoms with Gasteiger partial charge >= 0.3 is 367 Å². The van der Waals surface area contributed by atoms with Gasteiger partial charge in [-0.2, -0.15) is 0 Å². The zero-order chi connectivity index (χ0) is 41.2. The summed E-state index contributed by atoms with van der Waals surface area (Å²) < 4.78 is 3.48. The third kappa shape index (κ3) is 7.76. The van der Waals surface area contributed by atoms with E-state index >= 15 is 0 Å². The molecule has 0 fully saturated rings. The average Bonchev–Trinajstić information content (AvgIpc) is 3.91. The Hall–Kier alpha value is -4.91. The van der Waals surface area contributed by atoms with Gasteiger partial charge in [0.2, 0.25) is 0 Å². The molecule has 2 aliphatic rings. The van der Waals surface area contributed by atoms with Crippen LogP contribution in [0.2, 0.25) is 0 Å². The molecular formula is C59H52Cl2Zr. The Bertz CT molecular complexity index is 2870. The van der Waals surface area contributed by atoms with E-state index in [0.29, 0.717) is 0 Å². The van der Waals surface area contributed by atoms with Gasteiger partial charge in [0.25, 0.3) is 0 Å². The number of halogens is 2. The summed E-state index contributed by atoms with van der Waals surface area (Å²) in [6, 6.07) is 65.1. The summed E-state index contributed by atoms with van der Waals surface area (Å²) in [5, 5.41) is 5.27. The molecule has 0 atom stereocenters. The summed E-state index contributed by atoms with van der Waals surface area (Å²) in [6.45, 7) is 14.3. The topological polar surface area (TPSA) is 0 Å². The van der Waals surface area contributed by atoms with Crippen LogP contribution >= 0.6 is 0 Å². The molecule has 0 N–H and O–H groups in total. The normalized spacial score (nSPS) is 13.1. The molecule has 0 nitrogen and oxygen atoms in total. The molecule has 0 aromatic heterocycles. The van der Waals surface area contributed by atoms with Crippen LogP contribution in [0.3, 0.4) is 0 Å². The minimum atomic E-state index is -3.16. The predicted octanol–water partition coefficient (Wildman–Crippen LogP) is 9.73. The standard InChI is InChI=1S/C33H33.C21H14.C5H5.2ClH.Zr/c1-32(2,3)30-20-26-24(18-28(30)22-13-9-7-10-14-22)17-25-19-29(23-15-11-8-12-16-23)31(21-27(25)26)33(4,5)6;1-3-13-20-16(7-1)9-5-11-18(20)15-19-12-6-10-17-8-2-4-14-21(17)19;1-2-4-5-3-1;;;/h7-21H,1-6H3;1-14H;1-3H,4H2;2*1H;/q;;;;;+2/p-2. The quantitative estimate of drug-likeness (QED) is 0.156. The molecule has 0 bridgehead atoms.